The van der Waals surface area contributed by atoms with Crippen LogP contribution in [0.15, 0.2) is 65.1 Å². The van der Waals surface area contributed by atoms with Crippen molar-refractivity contribution in [3.8, 4) is 0 Å². The molecule has 3 aromatic carbocycles. The number of methoxy groups -OCH3 is 1. The lowest BCUT2D eigenvalue weighted by Crippen LogP contribution is -2.59. The number of carbonyl (C=O) groups excluding carboxylic acids is 2. The third-order valence-corrected chi connectivity index (χ3v) is 6.63. The fourth-order valence-electron chi connectivity index (χ4n) is 4.08. The molecular formula is C24H22BrClN2O3. The smallest absolute Gasteiger partial charge is 0.325 e. The third kappa shape index (κ3) is 4.61. The van der Waals surface area contributed by atoms with Crippen molar-refractivity contribution in [2.45, 2.75) is 18.5 Å². The molecule has 4 rings (SSSR count). The minimum atomic E-state index is -0.641. The van der Waals surface area contributed by atoms with Gasteiger partial charge in [0.1, 0.15) is 6.04 Å². The summed E-state index contributed by atoms with van der Waals surface area (Å²) < 4.78 is 5.94. The lowest BCUT2D eigenvalue weighted by molar-refractivity contribution is -0.150. The molecule has 31 heavy (non-hydrogen) atoms. The highest BCUT2D eigenvalue weighted by Gasteiger charge is 2.41. The molecule has 1 fully saturated rings. The van der Waals surface area contributed by atoms with Crippen LogP contribution in [0.4, 0.5) is 0 Å². The molecule has 1 heterocycles. The van der Waals surface area contributed by atoms with E-state index in [0.29, 0.717) is 18.0 Å². The summed E-state index contributed by atoms with van der Waals surface area (Å²) in [4.78, 5) is 27.3. The van der Waals surface area contributed by atoms with Crippen LogP contribution < -0.4 is 5.32 Å². The van der Waals surface area contributed by atoms with E-state index in [1.807, 2.05) is 60.7 Å². The predicted molar refractivity (Wildman–Crippen MR) is 125 cm³/mol. The normalized spacial score (nSPS) is 18.9. The molecule has 3 aromatic rings. The van der Waals surface area contributed by atoms with Gasteiger partial charge in [0.05, 0.1) is 19.7 Å². The number of amides is 1. The standard InChI is InChI=1S/C24H22BrClN2O3/c1-31-24(30)22-23(18-7-6-15-4-2-3-5-17(15)12-18)28(21(29)14-27-22)11-10-16-8-9-19(26)13-20(16)25/h2-9,12-13,22-23,27H,10-11,14H2,1H3/t22-,23+/m0/s1. The molecule has 7 heteroatoms. The van der Waals surface area contributed by atoms with Crippen LogP contribution in [0.2, 0.25) is 5.02 Å². The van der Waals surface area contributed by atoms with Crippen molar-refractivity contribution < 1.29 is 14.3 Å². The number of ether oxygens (including phenoxy) is 1. The summed E-state index contributed by atoms with van der Waals surface area (Å²) in [6.07, 6.45) is 0.626. The van der Waals surface area contributed by atoms with Gasteiger partial charge in [-0.1, -0.05) is 70.0 Å². The Kier molecular flexibility index (Phi) is 6.60. The lowest BCUT2D eigenvalue weighted by Gasteiger charge is -2.41. The Balaban J connectivity index is 1.70. The van der Waals surface area contributed by atoms with Gasteiger partial charge >= 0.3 is 5.97 Å². The Hall–Kier alpha value is -2.41. The molecule has 1 aliphatic heterocycles. The van der Waals surface area contributed by atoms with E-state index in [0.717, 1.165) is 26.4 Å². The zero-order valence-corrected chi connectivity index (χ0v) is 19.3. The Labute approximate surface area is 194 Å². The van der Waals surface area contributed by atoms with Crippen molar-refractivity contribution in [2.75, 3.05) is 20.2 Å². The van der Waals surface area contributed by atoms with E-state index in [1.165, 1.54) is 7.11 Å². The van der Waals surface area contributed by atoms with E-state index in [1.54, 1.807) is 4.90 Å². The monoisotopic (exact) mass is 500 g/mol. The molecule has 0 radical (unpaired) electrons. The Morgan fingerprint density at radius 3 is 2.68 bits per heavy atom. The van der Waals surface area contributed by atoms with E-state index < -0.39 is 12.1 Å². The van der Waals surface area contributed by atoms with Crippen LogP contribution >= 0.6 is 27.5 Å². The highest BCUT2D eigenvalue weighted by molar-refractivity contribution is 9.10. The second kappa shape index (κ2) is 9.39. The Morgan fingerprint density at radius 1 is 1.16 bits per heavy atom. The van der Waals surface area contributed by atoms with Crippen molar-refractivity contribution in [3.63, 3.8) is 0 Å². The number of esters is 1. The molecule has 1 amide bonds. The molecule has 0 saturated carbocycles. The van der Waals surface area contributed by atoms with E-state index in [9.17, 15) is 9.59 Å². The first-order valence-electron chi connectivity index (χ1n) is 10.0. The summed E-state index contributed by atoms with van der Waals surface area (Å²) in [5, 5.41) is 5.88. The van der Waals surface area contributed by atoms with Crippen LogP contribution in [-0.4, -0.2) is 43.0 Å². The average molecular weight is 502 g/mol. The van der Waals surface area contributed by atoms with Gasteiger partial charge in [0.2, 0.25) is 5.91 Å². The molecule has 5 nitrogen and oxygen atoms in total. The molecule has 1 saturated heterocycles. The molecule has 0 spiro atoms. The van der Waals surface area contributed by atoms with Crippen molar-refractivity contribution in [2.24, 2.45) is 0 Å². The summed E-state index contributed by atoms with van der Waals surface area (Å²) >= 11 is 9.60. The van der Waals surface area contributed by atoms with Gasteiger partial charge in [0.25, 0.3) is 0 Å². The summed E-state index contributed by atoms with van der Waals surface area (Å²) in [5.74, 6) is -0.438. The first-order valence-corrected chi connectivity index (χ1v) is 11.2. The number of hydrogen-bond donors (Lipinski definition) is 1. The zero-order valence-electron chi connectivity index (χ0n) is 17.0. The summed E-state index contributed by atoms with van der Waals surface area (Å²) in [7, 11) is 1.37. The van der Waals surface area contributed by atoms with E-state index in [-0.39, 0.29) is 18.4 Å². The van der Waals surface area contributed by atoms with Crippen LogP contribution in [0.3, 0.4) is 0 Å². The molecule has 2 atom stereocenters. The molecule has 1 N–H and O–H groups in total. The first-order chi connectivity index (χ1) is 15.0. The van der Waals surface area contributed by atoms with Gasteiger partial charge in [-0.2, -0.15) is 0 Å². The number of halogens is 2. The maximum atomic E-state index is 12.9. The lowest BCUT2D eigenvalue weighted by atomic mass is 9.92. The second-order valence-corrected chi connectivity index (χ2v) is 8.80. The van der Waals surface area contributed by atoms with Gasteiger partial charge in [0.15, 0.2) is 0 Å². The quantitative estimate of drug-likeness (QED) is 0.523. The number of hydrogen-bond acceptors (Lipinski definition) is 4. The first kappa shape index (κ1) is 21.8. The maximum Gasteiger partial charge on any atom is 0.325 e. The minimum Gasteiger partial charge on any atom is -0.468 e. The number of benzene rings is 3. The highest BCUT2D eigenvalue weighted by Crippen LogP contribution is 2.31. The number of carbonyl (C=O) groups is 2. The van der Waals surface area contributed by atoms with Crippen LogP contribution in [0.5, 0.6) is 0 Å². The largest absolute Gasteiger partial charge is 0.468 e. The van der Waals surface area contributed by atoms with Crippen molar-refractivity contribution in [1.82, 2.24) is 10.2 Å². The van der Waals surface area contributed by atoms with Crippen LogP contribution in [0, 0.1) is 0 Å². The predicted octanol–water partition coefficient (Wildman–Crippen LogP) is 4.51. The summed E-state index contributed by atoms with van der Waals surface area (Å²) in [6, 6.07) is 18.6. The van der Waals surface area contributed by atoms with Gasteiger partial charge in [0, 0.05) is 16.0 Å². The maximum absolute atomic E-state index is 12.9. The number of nitrogens with zero attached hydrogens (tertiary/aromatic N) is 1. The third-order valence-electron chi connectivity index (χ3n) is 5.65. The number of piperazine rings is 1. The molecule has 0 aromatic heterocycles. The zero-order chi connectivity index (χ0) is 22.0. The van der Waals surface area contributed by atoms with Crippen molar-refractivity contribution in [3.05, 3.63) is 81.3 Å². The van der Waals surface area contributed by atoms with Gasteiger partial charge in [-0.05, 0) is 46.5 Å². The molecule has 0 aliphatic carbocycles. The second-order valence-electron chi connectivity index (χ2n) is 7.51. The van der Waals surface area contributed by atoms with Crippen LogP contribution in [-0.2, 0) is 20.7 Å². The fourth-order valence-corrected chi connectivity index (χ4v) is 4.96. The van der Waals surface area contributed by atoms with Crippen molar-refractivity contribution >= 4 is 50.2 Å². The molecule has 1 aliphatic rings. The topological polar surface area (TPSA) is 58.6 Å². The van der Waals surface area contributed by atoms with E-state index in [2.05, 4.69) is 21.2 Å². The van der Waals surface area contributed by atoms with E-state index in [4.69, 9.17) is 16.3 Å². The van der Waals surface area contributed by atoms with Gasteiger partial charge in [-0.15, -0.1) is 0 Å². The van der Waals surface area contributed by atoms with Gasteiger partial charge in [-0.3, -0.25) is 14.9 Å². The highest BCUT2D eigenvalue weighted by atomic mass is 79.9. The molecular weight excluding hydrogens is 480 g/mol. The molecule has 0 bridgehead atoms. The van der Waals surface area contributed by atoms with Gasteiger partial charge in [-0.25, -0.2) is 0 Å². The van der Waals surface area contributed by atoms with Gasteiger partial charge < -0.3 is 9.64 Å². The number of rotatable bonds is 5. The fraction of sp³-hybridized carbons (Fsp3) is 0.250. The Morgan fingerprint density at radius 2 is 1.94 bits per heavy atom. The average Bonchev–Trinajstić information content (AvgIpc) is 2.78. The number of fused-ring (bicyclic) bond motifs is 1. The Bertz CT molecular complexity index is 1140. The molecule has 0 unspecified atom stereocenters. The number of nitrogens with one attached hydrogen (secondary N) is 1. The minimum absolute atomic E-state index is 0.0524. The SMILES string of the molecule is COC(=O)[C@H]1NCC(=O)N(CCc2ccc(Cl)cc2Br)[C@@H]1c1ccc2ccccc2c1. The molecule has 160 valence electrons. The van der Waals surface area contributed by atoms with Crippen LogP contribution in [0.25, 0.3) is 10.8 Å². The summed E-state index contributed by atoms with van der Waals surface area (Å²) in [6.45, 7) is 0.553. The summed E-state index contributed by atoms with van der Waals surface area (Å²) in [5.41, 5.74) is 1.94. The van der Waals surface area contributed by atoms with Crippen molar-refractivity contribution in [1.29, 1.82) is 0 Å². The van der Waals surface area contributed by atoms with Crippen LogP contribution in [0.1, 0.15) is 17.2 Å². The van der Waals surface area contributed by atoms with E-state index >= 15 is 0 Å².